The average Bonchev–Trinajstić information content (AvgIpc) is 2.77. The molecule has 2 aliphatic rings. The Balaban J connectivity index is 1.50. The Morgan fingerprint density at radius 1 is 1.22 bits per heavy atom. The van der Waals surface area contributed by atoms with Gasteiger partial charge in [-0.1, -0.05) is 32.1 Å². The largest absolute Gasteiger partial charge is 0.296 e. The molecule has 1 saturated carbocycles. The summed E-state index contributed by atoms with van der Waals surface area (Å²) in [5.74, 6) is 1.01. The van der Waals surface area contributed by atoms with E-state index in [1.807, 2.05) is 0 Å². The van der Waals surface area contributed by atoms with Crippen LogP contribution in [0, 0.1) is 12.8 Å². The van der Waals surface area contributed by atoms with Crippen molar-refractivity contribution in [2.75, 3.05) is 13.1 Å². The normalized spacial score (nSPS) is 22.1. The minimum atomic E-state index is 1.01. The average molecular weight is 247 g/mol. The van der Waals surface area contributed by atoms with Crippen LogP contribution in [0.3, 0.4) is 0 Å². The fourth-order valence-corrected chi connectivity index (χ4v) is 3.50. The Hall–Kier alpha value is -0.830. The van der Waals surface area contributed by atoms with Crippen LogP contribution in [0.4, 0.5) is 0 Å². The molecule has 0 amide bonds. The second kappa shape index (κ2) is 5.43. The van der Waals surface area contributed by atoms with Gasteiger partial charge in [0.1, 0.15) is 0 Å². The molecular formula is C15H25N3. The van der Waals surface area contributed by atoms with E-state index in [1.54, 1.807) is 0 Å². The summed E-state index contributed by atoms with van der Waals surface area (Å²) in [4.78, 5) is 2.62. The third kappa shape index (κ3) is 2.77. The number of nitrogens with zero attached hydrogens (tertiary/aromatic N) is 3. The van der Waals surface area contributed by atoms with Crippen LogP contribution in [0.15, 0.2) is 6.07 Å². The van der Waals surface area contributed by atoms with Crippen molar-refractivity contribution in [3.05, 3.63) is 17.5 Å². The van der Waals surface area contributed by atoms with E-state index in [9.17, 15) is 0 Å². The molecule has 0 unspecified atom stereocenters. The molecule has 3 rings (SSSR count). The lowest BCUT2D eigenvalue weighted by Crippen LogP contribution is -2.35. The highest BCUT2D eigenvalue weighted by molar-refractivity contribution is 5.10. The van der Waals surface area contributed by atoms with Gasteiger partial charge in [0.2, 0.25) is 0 Å². The molecule has 0 N–H and O–H groups in total. The van der Waals surface area contributed by atoms with E-state index >= 15 is 0 Å². The molecule has 18 heavy (non-hydrogen) atoms. The molecule has 1 aromatic heterocycles. The Morgan fingerprint density at radius 3 is 2.89 bits per heavy atom. The zero-order valence-corrected chi connectivity index (χ0v) is 11.6. The Kier molecular flexibility index (Phi) is 3.69. The zero-order valence-electron chi connectivity index (χ0n) is 11.6. The first-order valence-electron chi connectivity index (χ1n) is 7.57. The molecule has 0 saturated heterocycles. The van der Waals surface area contributed by atoms with E-state index in [4.69, 9.17) is 0 Å². The predicted molar refractivity (Wildman–Crippen MR) is 73.4 cm³/mol. The van der Waals surface area contributed by atoms with Crippen molar-refractivity contribution in [2.24, 2.45) is 5.92 Å². The quantitative estimate of drug-likeness (QED) is 0.819. The zero-order chi connectivity index (χ0) is 12.4. The SMILES string of the molecule is Cc1cc2n(n1)CCN(CCC1CCCCC1)C2. The highest BCUT2D eigenvalue weighted by atomic mass is 15.3. The van der Waals surface area contributed by atoms with Gasteiger partial charge in [-0.2, -0.15) is 5.10 Å². The molecule has 0 radical (unpaired) electrons. The van der Waals surface area contributed by atoms with Crippen molar-refractivity contribution in [1.29, 1.82) is 0 Å². The molecular weight excluding hydrogens is 222 g/mol. The van der Waals surface area contributed by atoms with Crippen LogP contribution in [-0.2, 0) is 13.1 Å². The summed E-state index contributed by atoms with van der Waals surface area (Å²) in [5.41, 5.74) is 2.57. The van der Waals surface area contributed by atoms with Crippen molar-refractivity contribution < 1.29 is 0 Å². The van der Waals surface area contributed by atoms with Crippen LogP contribution < -0.4 is 0 Å². The summed E-state index contributed by atoms with van der Waals surface area (Å²) in [7, 11) is 0. The van der Waals surface area contributed by atoms with Crippen molar-refractivity contribution in [3.63, 3.8) is 0 Å². The van der Waals surface area contributed by atoms with Gasteiger partial charge in [0.25, 0.3) is 0 Å². The minimum absolute atomic E-state index is 1.01. The molecule has 0 bridgehead atoms. The van der Waals surface area contributed by atoms with Gasteiger partial charge in [-0.3, -0.25) is 9.58 Å². The van der Waals surface area contributed by atoms with Gasteiger partial charge in [0, 0.05) is 13.1 Å². The first-order valence-corrected chi connectivity index (χ1v) is 7.57. The number of rotatable bonds is 3. The second-order valence-corrected chi connectivity index (χ2v) is 6.07. The van der Waals surface area contributed by atoms with E-state index in [0.29, 0.717) is 0 Å². The third-order valence-corrected chi connectivity index (χ3v) is 4.58. The Labute approximate surface area is 110 Å². The first-order chi connectivity index (χ1) is 8.81. The van der Waals surface area contributed by atoms with E-state index in [0.717, 1.165) is 19.0 Å². The molecule has 2 heterocycles. The van der Waals surface area contributed by atoms with E-state index < -0.39 is 0 Å². The Morgan fingerprint density at radius 2 is 2.06 bits per heavy atom. The van der Waals surface area contributed by atoms with Crippen LogP contribution in [-0.4, -0.2) is 27.8 Å². The van der Waals surface area contributed by atoms with Crippen LogP contribution in [0.1, 0.15) is 49.9 Å². The monoisotopic (exact) mass is 247 g/mol. The molecule has 1 aliphatic heterocycles. The van der Waals surface area contributed by atoms with Crippen molar-refractivity contribution in [3.8, 4) is 0 Å². The van der Waals surface area contributed by atoms with Crippen molar-refractivity contribution >= 4 is 0 Å². The molecule has 3 heteroatoms. The van der Waals surface area contributed by atoms with Crippen LogP contribution >= 0.6 is 0 Å². The Bertz CT molecular complexity index is 390. The summed E-state index contributed by atoms with van der Waals surface area (Å²) in [6.45, 7) is 6.74. The van der Waals surface area contributed by atoms with Gasteiger partial charge in [-0.25, -0.2) is 0 Å². The molecule has 1 aromatic rings. The van der Waals surface area contributed by atoms with Gasteiger partial charge < -0.3 is 0 Å². The topological polar surface area (TPSA) is 21.1 Å². The maximum atomic E-state index is 4.53. The van der Waals surface area contributed by atoms with Gasteiger partial charge in [0.15, 0.2) is 0 Å². The van der Waals surface area contributed by atoms with Gasteiger partial charge in [-0.05, 0) is 31.9 Å². The van der Waals surface area contributed by atoms with Crippen molar-refractivity contribution in [2.45, 2.75) is 58.5 Å². The van der Waals surface area contributed by atoms with Gasteiger partial charge >= 0.3 is 0 Å². The fraction of sp³-hybridized carbons (Fsp3) is 0.800. The summed E-state index contributed by atoms with van der Waals surface area (Å²) < 4.78 is 2.19. The fourth-order valence-electron chi connectivity index (χ4n) is 3.50. The lowest BCUT2D eigenvalue weighted by Gasteiger charge is -2.30. The van der Waals surface area contributed by atoms with Crippen molar-refractivity contribution in [1.82, 2.24) is 14.7 Å². The predicted octanol–water partition coefficient (Wildman–Crippen LogP) is 2.98. The maximum Gasteiger partial charge on any atom is 0.0597 e. The molecule has 0 atom stereocenters. The van der Waals surface area contributed by atoms with E-state index in [2.05, 4.69) is 27.7 Å². The van der Waals surface area contributed by atoms with E-state index in [-0.39, 0.29) is 0 Å². The van der Waals surface area contributed by atoms with Crippen LogP contribution in [0.25, 0.3) is 0 Å². The third-order valence-electron chi connectivity index (χ3n) is 4.58. The van der Waals surface area contributed by atoms with Crippen LogP contribution in [0.2, 0.25) is 0 Å². The minimum Gasteiger partial charge on any atom is -0.296 e. The number of aromatic nitrogens is 2. The molecule has 100 valence electrons. The maximum absolute atomic E-state index is 4.53. The number of fused-ring (bicyclic) bond motifs is 1. The summed E-state index contributed by atoms with van der Waals surface area (Å²) >= 11 is 0. The lowest BCUT2D eigenvalue weighted by molar-refractivity contribution is 0.188. The number of aryl methyl sites for hydroxylation is 1. The molecule has 0 spiro atoms. The molecule has 1 fully saturated rings. The number of hydrogen-bond donors (Lipinski definition) is 0. The summed E-state index contributed by atoms with van der Waals surface area (Å²) in [6, 6.07) is 2.24. The smallest absolute Gasteiger partial charge is 0.0597 e. The van der Waals surface area contributed by atoms with E-state index in [1.165, 1.54) is 63.0 Å². The summed E-state index contributed by atoms with van der Waals surface area (Å²) in [5, 5.41) is 4.53. The second-order valence-electron chi connectivity index (χ2n) is 6.07. The molecule has 0 aromatic carbocycles. The highest BCUT2D eigenvalue weighted by Gasteiger charge is 2.19. The standard InChI is InChI=1S/C15H25N3/c1-13-11-15-12-17(9-10-18(15)16-13)8-7-14-5-3-2-4-6-14/h11,14H,2-10,12H2,1H3. The lowest BCUT2D eigenvalue weighted by atomic mass is 9.87. The molecule has 1 aliphatic carbocycles. The number of hydrogen-bond acceptors (Lipinski definition) is 2. The molecule has 3 nitrogen and oxygen atoms in total. The van der Waals surface area contributed by atoms with Gasteiger partial charge in [0.05, 0.1) is 17.9 Å². The summed E-state index contributed by atoms with van der Waals surface area (Å²) in [6.07, 6.45) is 8.77. The van der Waals surface area contributed by atoms with Gasteiger partial charge in [-0.15, -0.1) is 0 Å². The highest BCUT2D eigenvalue weighted by Crippen LogP contribution is 2.27. The van der Waals surface area contributed by atoms with Crippen LogP contribution in [0.5, 0.6) is 0 Å². The first kappa shape index (κ1) is 12.2.